The van der Waals surface area contributed by atoms with Gasteiger partial charge in [0, 0.05) is 12.0 Å². The van der Waals surface area contributed by atoms with Crippen LogP contribution in [0, 0.1) is 0 Å². The SMILES string of the molecule is CSc1sc(C=O)c2c1C(=O)CCC2. The van der Waals surface area contributed by atoms with Crippen molar-refractivity contribution >= 4 is 35.2 Å². The molecule has 1 aliphatic carbocycles. The van der Waals surface area contributed by atoms with Crippen LogP contribution in [0.15, 0.2) is 4.21 Å². The van der Waals surface area contributed by atoms with Crippen molar-refractivity contribution in [1.82, 2.24) is 0 Å². The van der Waals surface area contributed by atoms with Gasteiger partial charge in [0.2, 0.25) is 0 Å². The zero-order chi connectivity index (χ0) is 10.1. The van der Waals surface area contributed by atoms with Crippen LogP contribution >= 0.6 is 23.1 Å². The van der Waals surface area contributed by atoms with Gasteiger partial charge in [-0.25, -0.2) is 0 Å². The second-order valence-corrected chi connectivity index (χ2v) is 5.33. The minimum absolute atomic E-state index is 0.208. The van der Waals surface area contributed by atoms with Crippen LogP contribution in [-0.2, 0) is 6.42 Å². The van der Waals surface area contributed by atoms with Gasteiger partial charge in [-0.1, -0.05) is 0 Å². The molecule has 0 fully saturated rings. The zero-order valence-corrected chi connectivity index (χ0v) is 9.46. The van der Waals surface area contributed by atoms with Crippen LogP contribution in [-0.4, -0.2) is 18.3 Å². The van der Waals surface area contributed by atoms with Gasteiger partial charge >= 0.3 is 0 Å². The Hall–Kier alpha value is -0.610. The smallest absolute Gasteiger partial charge is 0.165 e. The van der Waals surface area contributed by atoms with E-state index in [0.29, 0.717) is 6.42 Å². The molecule has 1 aromatic rings. The summed E-state index contributed by atoms with van der Waals surface area (Å²) in [6, 6.07) is 0. The predicted molar refractivity (Wildman–Crippen MR) is 58.8 cm³/mol. The van der Waals surface area contributed by atoms with E-state index in [9.17, 15) is 9.59 Å². The van der Waals surface area contributed by atoms with Crippen molar-refractivity contribution in [3.05, 3.63) is 16.0 Å². The average Bonchev–Trinajstić information content (AvgIpc) is 2.57. The molecule has 2 rings (SSSR count). The predicted octanol–water partition coefficient (Wildman–Crippen LogP) is 2.80. The summed E-state index contributed by atoms with van der Waals surface area (Å²) in [5, 5.41) is 0. The number of carbonyl (C=O) groups excluding carboxylic acids is 2. The molecule has 0 N–H and O–H groups in total. The first-order chi connectivity index (χ1) is 6.77. The Balaban J connectivity index is 2.61. The molecule has 0 unspecified atom stereocenters. The summed E-state index contributed by atoms with van der Waals surface area (Å²) in [5.41, 5.74) is 1.82. The van der Waals surface area contributed by atoms with Crippen LogP contribution in [0.4, 0.5) is 0 Å². The van der Waals surface area contributed by atoms with E-state index in [1.807, 2.05) is 6.26 Å². The Morgan fingerprint density at radius 1 is 1.43 bits per heavy atom. The number of aldehydes is 1. The number of hydrogen-bond donors (Lipinski definition) is 0. The number of Topliss-reactive ketones (excluding diaryl/α,β-unsaturated/α-hetero) is 1. The normalized spacial score (nSPS) is 15.4. The summed E-state index contributed by atoms with van der Waals surface area (Å²) < 4.78 is 1.01. The summed E-state index contributed by atoms with van der Waals surface area (Å²) in [4.78, 5) is 23.2. The van der Waals surface area contributed by atoms with E-state index < -0.39 is 0 Å². The van der Waals surface area contributed by atoms with Gasteiger partial charge in [-0.15, -0.1) is 23.1 Å². The van der Waals surface area contributed by atoms with Gasteiger partial charge in [0.1, 0.15) is 0 Å². The molecule has 74 valence electrons. The molecule has 0 saturated heterocycles. The van der Waals surface area contributed by atoms with Crippen molar-refractivity contribution in [2.45, 2.75) is 23.5 Å². The fourth-order valence-corrected chi connectivity index (χ4v) is 3.74. The van der Waals surface area contributed by atoms with Gasteiger partial charge < -0.3 is 0 Å². The highest BCUT2D eigenvalue weighted by Crippen LogP contribution is 2.38. The molecule has 0 amide bonds. The van der Waals surface area contributed by atoms with E-state index in [0.717, 1.165) is 39.3 Å². The Bertz CT molecular complexity index is 393. The molecular formula is C10H10O2S2. The van der Waals surface area contributed by atoms with Crippen LogP contribution in [0.3, 0.4) is 0 Å². The first kappa shape index (κ1) is 9.93. The zero-order valence-electron chi connectivity index (χ0n) is 7.83. The van der Waals surface area contributed by atoms with Crippen LogP contribution in [0.1, 0.15) is 38.4 Å². The first-order valence-electron chi connectivity index (χ1n) is 4.46. The monoisotopic (exact) mass is 226 g/mol. The lowest BCUT2D eigenvalue weighted by Gasteiger charge is -2.11. The fourth-order valence-electron chi connectivity index (χ4n) is 1.78. The molecule has 0 radical (unpaired) electrons. The summed E-state index contributed by atoms with van der Waals surface area (Å²) in [7, 11) is 0. The molecule has 0 atom stereocenters. The fraction of sp³-hybridized carbons (Fsp3) is 0.400. The number of fused-ring (bicyclic) bond motifs is 1. The molecule has 4 heteroatoms. The first-order valence-corrected chi connectivity index (χ1v) is 6.50. The maximum Gasteiger partial charge on any atom is 0.165 e. The van der Waals surface area contributed by atoms with Crippen LogP contribution in [0.5, 0.6) is 0 Å². The third kappa shape index (κ3) is 1.42. The molecule has 0 aromatic carbocycles. The maximum atomic E-state index is 11.7. The Morgan fingerprint density at radius 3 is 2.86 bits per heavy atom. The second-order valence-electron chi connectivity index (χ2n) is 3.21. The molecular weight excluding hydrogens is 216 g/mol. The molecule has 1 aliphatic rings. The Labute approximate surface area is 90.7 Å². The lowest BCUT2D eigenvalue weighted by atomic mass is 9.93. The molecule has 0 spiro atoms. The minimum atomic E-state index is 0.208. The molecule has 1 aromatic heterocycles. The van der Waals surface area contributed by atoms with Gasteiger partial charge in [0.25, 0.3) is 0 Å². The maximum absolute atomic E-state index is 11.7. The second kappa shape index (κ2) is 3.87. The largest absolute Gasteiger partial charge is 0.297 e. The molecule has 0 saturated carbocycles. The molecule has 0 aliphatic heterocycles. The van der Waals surface area contributed by atoms with Crippen molar-refractivity contribution in [3.8, 4) is 0 Å². The summed E-state index contributed by atoms with van der Waals surface area (Å²) in [5.74, 6) is 0.208. The number of carbonyl (C=O) groups is 2. The van der Waals surface area contributed by atoms with Crippen molar-refractivity contribution < 1.29 is 9.59 Å². The Kier molecular flexibility index (Phi) is 2.74. The summed E-state index contributed by atoms with van der Waals surface area (Å²) in [6.07, 6.45) is 5.23. The highest BCUT2D eigenvalue weighted by atomic mass is 32.2. The van der Waals surface area contributed by atoms with Gasteiger partial charge in [-0.3, -0.25) is 9.59 Å². The van der Waals surface area contributed by atoms with Crippen molar-refractivity contribution in [3.63, 3.8) is 0 Å². The van der Waals surface area contributed by atoms with E-state index in [2.05, 4.69) is 0 Å². The third-order valence-corrected chi connectivity index (χ3v) is 4.68. The van der Waals surface area contributed by atoms with E-state index in [1.165, 1.54) is 11.3 Å². The van der Waals surface area contributed by atoms with E-state index >= 15 is 0 Å². The quantitative estimate of drug-likeness (QED) is 0.574. The van der Waals surface area contributed by atoms with Crippen LogP contribution in [0.25, 0.3) is 0 Å². The minimum Gasteiger partial charge on any atom is -0.297 e. The number of thioether (sulfide) groups is 1. The Morgan fingerprint density at radius 2 is 2.21 bits per heavy atom. The van der Waals surface area contributed by atoms with Crippen molar-refractivity contribution in [1.29, 1.82) is 0 Å². The number of thiophene rings is 1. The lowest BCUT2D eigenvalue weighted by molar-refractivity contribution is 0.0970. The lowest BCUT2D eigenvalue weighted by Crippen LogP contribution is -2.10. The summed E-state index contributed by atoms with van der Waals surface area (Å²) >= 11 is 3.02. The van der Waals surface area contributed by atoms with Gasteiger partial charge in [0.15, 0.2) is 12.1 Å². The molecule has 14 heavy (non-hydrogen) atoms. The number of rotatable bonds is 2. The van der Waals surface area contributed by atoms with Crippen molar-refractivity contribution in [2.24, 2.45) is 0 Å². The van der Waals surface area contributed by atoms with Gasteiger partial charge in [0.05, 0.1) is 9.09 Å². The van der Waals surface area contributed by atoms with E-state index in [1.54, 1.807) is 11.8 Å². The van der Waals surface area contributed by atoms with E-state index in [4.69, 9.17) is 0 Å². The number of ketones is 1. The molecule has 0 bridgehead atoms. The van der Waals surface area contributed by atoms with Crippen LogP contribution < -0.4 is 0 Å². The van der Waals surface area contributed by atoms with Crippen molar-refractivity contribution in [2.75, 3.05) is 6.26 Å². The van der Waals surface area contributed by atoms with Gasteiger partial charge in [-0.2, -0.15) is 0 Å². The highest BCUT2D eigenvalue weighted by Gasteiger charge is 2.25. The highest BCUT2D eigenvalue weighted by molar-refractivity contribution is 8.00. The standard InChI is InChI=1S/C10H10O2S2/c1-13-10-9-6(8(5-11)14-10)3-2-4-7(9)12/h5H,2-4H2,1H3. The van der Waals surface area contributed by atoms with Crippen LogP contribution in [0.2, 0.25) is 0 Å². The number of hydrogen-bond acceptors (Lipinski definition) is 4. The average molecular weight is 226 g/mol. The van der Waals surface area contributed by atoms with E-state index in [-0.39, 0.29) is 5.78 Å². The topological polar surface area (TPSA) is 34.1 Å². The van der Waals surface area contributed by atoms with Gasteiger partial charge in [-0.05, 0) is 24.7 Å². The molecule has 1 heterocycles. The third-order valence-electron chi connectivity index (χ3n) is 2.41. The molecule has 2 nitrogen and oxygen atoms in total. The summed E-state index contributed by atoms with van der Waals surface area (Å²) in [6.45, 7) is 0.